The van der Waals surface area contributed by atoms with Gasteiger partial charge in [0.25, 0.3) is 0 Å². The second-order valence-electron chi connectivity index (χ2n) is 4.13. The maximum Gasteiger partial charge on any atom is 0.238 e. The molecule has 0 radical (unpaired) electrons. The van der Waals surface area contributed by atoms with Crippen LogP contribution in [0.5, 0.6) is 11.5 Å². The molecule has 0 amide bonds. The van der Waals surface area contributed by atoms with Gasteiger partial charge in [-0.05, 0) is 42.8 Å². The number of halogens is 2. The SMILES string of the molecule is Cc1cc(Oc2cccc(Cl)c2Cl)ccc1S(N)(=O)=O. The minimum atomic E-state index is -3.74. The zero-order valence-electron chi connectivity index (χ0n) is 10.4. The molecule has 7 heteroatoms. The summed E-state index contributed by atoms with van der Waals surface area (Å²) in [7, 11) is -3.74. The summed E-state index contributed by atoms with van der Waals surface area (Å²) in [6.07, 6.45) is 0. The number of aryl methyl sites for hydroxylation is 1. The summed E-state index contributed by atoms with van der Waals surface area (Å²) < 4.78 is 28.2. The summed E-state index contributed by atoms with van der Waals surface area (Å²) in [5.41, 5.74) is 0.489. The van der Waals surface area contributed by atoms with E-state index in [0.717, 1.165) is 0 Å². The van der Waals surface area contributed by atoms with E-state index in [-0.39, 0.29) is 4.90 Å². The average Bonchev–Trinajstić information content (AvgIpc) is 2.33. The standard InChI is InChI=1S/C13H11Cl2NO3S/c1-8-7-9(5-6-12(8)20(16,17)18)19-11-4-2-3-10(14)13(11)15/h2-7H,1H3,(H2,16,17,18). The number of benzene rings is 2. The lowest BCUT2D eigenvalue weighted by atomic mass is 10.2. The summed E-state index contributed by atoms with van der Waals surface area (Å²) in [6.45, 7) is 1.63. The normalized spacial score (nSPS) is 11.4. The van der Waals surface area contributed by atoms with E-state index in [0.29, 0.717) is 27.1 Å². The maximum absolute atomic E-state index is 11.3. The molecule has 0 heterocycles. The molecule has 0 spiro atoms. The van der Waals surface area contributed by atoms with Crippen molar-refractivity contribution in [3.63, 3.8) is 0 Å². The molecule has 0 saturated heterocycles. The van der Waals surface area contributed by atoms with Gasteiger partial charge < -0.3 is 4.74 Å². The Kier molecular flexibility index (Phi) is 4.25. The molecule has 2 N–H and O–H groups in total. The van der Waals surface area contributed by atoms with Crippen LogP contribution in [-0.4, -0.2) is 8.42 Å². The monoisotopic (exact) mass is 331 g/mol. The molecule has 0 bridgehead atoms. The highest BCUT2D eigenvalue weighted by molar-refractivity contribution is 7.89. The van der Waals surface area contributed by atoms with Gasteiger partial charge in [0, 0.05) is 0 Å². The van der Waals surface area contributed by atoms with Crippen molar-refractivity contribution in [3.05, 3.63) is 52.0 Å². The number of sulfonamides is 1. The lowest BCUT2D eigenvalue weighted by Crippen LogP contribution is -2.13. The van der Waals surface area contributed by atoms with Crippen molar-refractivity contribution in [2.75, 3.05) is 0 Å². The third-order valence-electron chi connectivity index (χ3n) is 2.60. The Labute approximate surface area is 127 Å². The van der Waals surface area contributed by atoms with Crippen LogP contribution < -0.4 is 9.88 Å². The van der Waals surface area contributed by atoms with Crippen LogP contribution in [0, 0.1) is 6.92 Å². The predicted octanol–water partition coefficient (Wildman–Crippen LogP) is 3.74. The molecule has 2 aromatic rings. The van der Waals surface area contributed by atoms with E-state index in [4.69, 9.17) is 33.1 Å². The van der Waals surface area contributed by atoms with E-state index in [1.165, 1.54) is 12.1 Å². The largest absolute Gasteiger partial charge is 0.456 e. The van der Waals surface area contributed by atoms with Gasteiger partial charge in [0.1, 0.15) is 16.5 Å². The van der Waals surface area contributed by atoms with Crippen molar-refractivity contribution < 1.29 is 13.2 Å². The number of hydrogen-bond donors (Lipinski definition) is 1. The van der Waals surface area contributed by atoms with E-state index in [1.54, 1.807) is 31.2 Å². The van der Waals surface area contributed by atoms with Crippen LogP contribution in [0.2, 0.25) is 10.0 Å². The van der Waals surface area contributed by atoms with Crippen molar-refractivity contribution in [2.45, 2.75) is 11.8 Å². The number of hydrogen-bond acceptors (Lipinski definition) is 3. The van der Waals surface area contributed by atoms with Crippen molar-refractivity contribution in [3.8, 4) is 11.5 Å². The summed E-state index contributed by atoms with van der Waals surface area (Å²) >= 11 is 11.9. The van der Waals surface area contributed by atoms with Gasteiger partial charge in [-0.1, -0.05) is 29.3 Å². The van der Waals surface area contributed by atoms with Crippen LogP contribution in [0.1, 0.15) is 5.56 Å². The fourth-order valence-corrected chi connectivity index (χ4v) is 2.79. The lowest BCUT2D eigenvalue weighted by molar-refractivity contribution is 0.482. The molecule has 2 rings (SSSR count). The molecule has 0 aromatic heterocycles. The van der Waals surface area contributed by atoms with Gasteiger partial charge in [0.05, 0.1) is 9.92 Å². The number of rotatable bonds is 3. The van der Waals surface area contributed by atoms with Crippen molar-refractivity contribution in [1.82, 2.24) is 0 Å². The first-order valence-electron chi connectivity index (χ1n) is 5.54. The molecule has 0 atom stereocenters. The van der Waals surface area contributed by atoms with E-state index in [9.17, 15) is 8.42 Å². The summed E-state index contributed by atoms with van der Waals surface area (Å²) in [5.74, 6) is 0.834. The molecule has 4 nitrogen and oxygen atoms in total. The molecule has 20 heavy (non-hydrogen) atoms. The molecule has 106 valence electrons. The molecule has 0 aliphatic heterocycles. The number of ether oxygens (including phenoxy) is 1. The average molecular weight is 332 g/mol. The van der Waals surface area contributed by atoms with Crippen LogP contribution in [0.4, 0.5) is 0 Å². The van der Waals surface area contributed by atoms with Crippen LogP contribution in [-0.2, 0) is 10.0 Å². The van der Waals surface area contributed by atoms with Gasteiger partial charge >= 0.3 is 0 Å². The summed E-state index contributed by atoms with van der Waals surface area (Å²) in [4.78, 5) is 0.0574. The Bertz CT molecular complexity index is 760. The van der Waals surface area contributed by atoms with E-state index < -0.39 is 10.0 Å². The van der Waals surface area contributed by atoms with Gasteiger partial charge in [0.2, 0.25) is 10.0 Å². The van der Waals surface area contributed by atoms with Gasteiger partial charge in [-0.2, -0.15) is 0 Å². The molecule has 0 unspecified atom stereocenters. The smallest absolute Gasteiger partial charge is 0.238 e. The fourth-order valence-electron chi connectivity index (χ4n) is 1.69. The highest BCUT2D eigenvalue weighted by Gasteiger charge is 2.13. The highest BCUT2D eigenvalue weighted by Crippen LogP contribution is 2.35. The van der Waals surface area contributed by atoms with Gasteiger partial charge in [-0.15, -0.1) is 0 Å². The summed E-state index contributed by atoms with van der Waals surface area (Å²) in [5, 5.41) is 5.77. The Morgan fingerprint density at radius 1 is 1.15 bits per heavy atom. The second-order valence-corrected chi connectivity index (χ2v) is 6.44. The first-order chi connectivity index (χ1) is 9.29. The summed E-state index contributed by atoms with van der Waals surface area (Å²) in [6, 6.07) is 9.47. The van der Waals surface area contributed by atoms with Gasteiger partial charge in [0.15, 0.2) is 0 Å². The van der Waals surface area contributed by atoms with Crippen molar-refractivity contribution in [2.24, 2.45) is 5.14 Å². The molecule has 0 fully saturated rings. The molecule has 0 aliphatic carbocycles. The van der Waals surface area contributed by atoms with Crippen molar-refractivity contribution >= 4 is 33.2 Å². The minimum Gasteiger partial charge on any atom is -0.456 e. The molecule has 0 saturated carbocycles. The Hall–Kier alpha value is -1.27. The van der Waals surface area contributed by atoms with Crippen LogP contribution in [0.3, 0.4) is 0 Å². The Morgan fingerprint density at radius 2 is 1.85 bits per heavy atom. The first kappa shape index (κ1) is 15.1. The second kappa shape index (κ2) is 5.61. The predicted molar refractivity (Wildman–Crippen MR) is 79.1 cm³/mol. The highest BCUT2D eigenvalue weighted by atomic mass is 35.5. The Balaban J connectivity index is 2.36. The quantitative estimate of drug-likeness (QED) is 0.931. The maximum atomic E-state index is 11.3. The Morgan fingerprint density at radius 3 is 2.45 bits per heavy atom. The molecule has 0 aliphatic rings. The number of nitrogens with two attached hydrogens (primary N) is 1. The van der Waals surface area contributed by atoms with Crippen molar-refractivity contribution in [1.29, 1.82) is 0 Å². The third-order valence-corrected chi connectivity index (χ3v) is 4.47. The van der Waals surface area contributed by atoms with E-state index >= 15 is 0 Å². The fraction of sp³-hybridized carbons (Fsp3) is 0.0769. The van der Waals surface area contributed by atoms with Crippen LogP contribution >= 0.6 is 23.2 Å². The minimum absolute atomic E-state index is 0.0574. The van der Waals surface area contributed by atoms with Crippen LogP contribution in [0.15, 0.2) is 41.3 Å². The zero-order chi connectivity index (χ0) is 14.9. The molecule has 2 aromatic carbocycles. The third kappa shape index (κ3) is 3.24. The topological polar surface area (TPSA) is 69.4 Å². The van der Waals surface area contributed by atoms with E-state index in [1.807, 2.05) is 0 Å². The number of primary sulfonamides is 1. The lowest BCUT2D eigenvalue weighted by Gasteiger charge is -2.10. The van der Waals surface area contributed by atoms with E-state index in [2.05, 4.69) is 0 Å². The zero-order valence-corrected chi connectivity index (χ0v) is 12.8. The molecular weight excluding hydrogens is 321 g/mol. The van der Waals surface area contributed by atoms with Gasteiger partial charge in [-0.25, -0.2) is 13.6 Å². The van der Waals surface area contributed by atoms with Gasteiger partial charge in [-0.3, -0.25) is 0 Å². The molecular formula is C13H11Cl2NO3S. The first-order valence-corrected chi connectivity index (χ1v) is 7.84. The van der Waals surface area contributed by atoms with Crippen LogP contribution in [0.25, 0.3) is 0 Å².